The summed E-state index contributed by atoms with van der Waals surface area (Å²) >= 11 is 3.36. The van der Waals surface area contributed by atoms with Crippen molar-refractivity contribution >= 4 is 27.6 Å². The van der Waals surface area contributed by atoms with Gasteiger partial charge in [-0.2, -0.15) is 0 Å². The molecule has 0 atom stereocenters. The molecule has 1 aromatic carbocycles. The molecule has 0 saturated carbocycles. The summed E-state index contributed by atoms with van der Waals surface area (Å²) in [6.07, 6.45) is 1.79. The van der Waals surface area contributed by atoms with Gasteiger partial charge in [0.15, 0.2) is 5.78 Å². The van der Waals surface area contributed by atoms with Crippen LogP contribution >= 0.6 is 15.9 Å². The molecule has 1 aromatic rings. The first-order valence-electron chi connectivity index (χ1n) is 5.69. The zero-order chi connectivity index (χ0) is 12.3. The third-order valence-corrected chi connectivity index (χ3v) is 3.40. The van der Waals surface area contributed by atoms with Crippen molar-refractivity contribution in [2.24, 2.45) is 0 Å². The second-order valence-electron chi connectivity index (χ2n) is 4.26. The van der Waals surface area contributed by atoms with Crippen molar-refractivity contribution < 1.29 is 9.59 Å². The van der Waals surface area contributed by atoms with Crippen molar-refractivity contribution in [3.05, 3.63) is 34.3 Å². The summed E-state index contributed by atoms with van der Waals surface area (Å²) in [6, 6.07) is 7.69. The van der Waals surface area contributed by atoms with E-state index in [1.807, 2.05) is 24.3 Å². The minimum absolute atomic E-state index is 0.0420. The van der Waals surface area contributed by atoms with Gasteiger partial charge >= 0.3 is 0 Å². The van der Waals surface area contributed by atoms with Gasteiger partial charge in [0.05, 0.1) is 13.0 Å². The van der Waals surface area contributed by atoms with Gasteiger partial charge in [-0.15, -0.1) is 0 Å². The highest BCUT2D eigenvalue weighted by molar-refractivity contribution is 9.10. The van der Waals surface area contributed by atoms with E-state index in [1.165, 1.54) is 0 Å². The molecule has 0 bridgehead atoms. The minimum Gasteiger partial charge on any atom is -0.335 e. The number of carbonyl (C=O) groups excluding carboxylic acids is 2. The number of hydrogen-bond acceptors (Lipinski definition) is 2. The van der Waals surface area contributed by atoms with Crippen molar-refractivity contribution in [2.75, 3.05) is 13.1 Å². The molecule has 1 heterocycles. The largest absolute Gasteiger partial charge is 0.335 e. The van der Waals surface area contributed by atoms with E-state index in [0.717, 1.165) is 16.5 Å². The summed E-state index contributed by atoms with van der Waals surface area (Å²) in [4.78, 5) is 24.9. The van der Waals surface area contributed by atoms with Gasteiger partial charge in [-0.25, -0.2) is 0 Å². The first-order chi connectivity index (χ1) is 8.15. The number of ketones is 1. The van der Waals surface area contributed by atoms with Gasteiger partial charge in [0, 0.05) is 17.4 Å². The first kappa shape index (κ1) is 12.3. The van der Waals surface area contributed by atoms with E-state index >= 15 is 0 Å². The molecule has 17 heavy (non-hydrogen) atoms. The van der Waals surface area contributed by atoms with Gasteiger partial charge in [0.2, 0.25) is 5.91 Å². The molecular weight excluding hydrogens is 282 g/mol. The molecule has 1 aliphatic rings. The summed E-state index contributed by atoms with van der Waals surface area (Å²) in [5, 5.41) is 0. The van der Waals surface area contributed by atoms with Gasteiger partial charge in [-0.3, -0.25) is 9.59 Å². The highest BCUT2D eigenvalue weighted by Gasteiger charge is 2.21. The Morgan fingerprint density at radius 2 is 2.00 bits per heavy atom. The van der Waals surface area contributed by atoms with E-state index in [1.54, 1.807) is 4.90 Å². The van der Waals surface area contributed by atoms with Crippen LogP contribution in [0.2, 0.25) is 0 Å². The van der Waals surface area contributed by atoms with Crippen molar-refractivity contribution in [1.82, 2.24) is 4.90 Å². The van der Waals surface area contributed by atoms with Crippen LogP contribution in [0, 0.1) is 0 Å². The van der Waals surface area contributed by atoms with Crippen LogP contribution in [-0.4, -0.2) is 29.7 Å². The quantitative estimate of drug-likeness (QED) is 0.839. The Kier molecular flexibility index (Phi) is 3.94. The molecule has 4 heteroatoms. The van der Waals surface area contributed by atoms with E-state index in [2.05, 4.69) is 15.9 Å². The van der Waals surface area contributed by atoms with E-state index in [-0.39, 0.29) is 18.2 Å². The molecule has 1 amide bonds. The molecule has 3 nitrogen and oxygen atoms in total. The second kappa shape index (κ2) is 5.45. The number of carbonyl (C=O) groups is 2. The van der Waals surface area contributed by atoms with E-state index in [0.29, 0.717) is 19.4 Å². The van der Waals surface area contributed by atoms with Crippen LogP contribution in [0.3, 0.4) is 0 Å². The lowest BCUT2D eigenvalue weighted by atomic mass is 10.1. The second-order valence-corrected chi connectivity index (χ2v) is 5.18. The molecule has 90 valence electrons. The normalized spacial score (nSPS) is 16.1. The molecule has 0 aromatic heterocycles. The predicted molar refractivity (Wildman–Crippen MR) is 68.7 cm³/mol. The number of nitrogens with zero attached hydrogens (tertiary/aromatic N) is 1. The van der Waals surface area contributed by atoms with Crippen molar-refractivity contribution in [3.8, 4) is 0 Å². The van der Waals surface area contributed by atoms with Crippen LogP contribution in [0.5, 0.6) is 0 Å². The van der Waals surface area contributed by atoms with Gasteiger partial charge in [0.25, 0.3) is 0 Å². The SMILES string of the molecule is O=C1CCCN(C(=O)Cc2ccc(Br)cc2)C1. The standard InChI is InChI=1S/C13H14BrNO2/c14-11-5-3-10(4-6-11)8-13(17)15-7-1-2-12(16)9-15/h3-6H,1-2,7-9H2. The van der Waals surface area contributed by atoms with Crippen LogP contribution in [0.15, 0.2) is 28.7 Å². The molecule has 1 aliphatic heterocycles. The van der Waals surface area contributed by atoms with Crippen LogP contribution < -0.4 is 0 Å². The predicted octanol–water partition coefficient (Wildman–Crippen LogP) is 2.18. The number of amides is 1. The molecule has 0 aliphatic carbocycles. The molecule has 1 fully saturated rings. The number of halogens is 1. The molecule has 2 rings (SSSR count). The van der Waals surface area contributed by atoms with Gasteiger partial charge < -0.3 is 4.90 Å². The molecule has 0 radical (unpaired) electrons. The highest BCUT2D eigenvalue weighted by Crippen LogP contribution is 2.13. The monoisotopic (exact) mass is 295 g/mol. The molecule has 0 N–H and O–H groups in total. The van der Waals surface area contributed by atoms with E-state index < -0.39 is 0 Å². The number of hydrogen-bond donors (Lipinski definition) is 0. The molecular formula is C13H14BrNO2. The lowest BCUT2D eigenvalue weighted by Gasteiger charge is -2.25. The summed E-state index contributed by atoms with van der Waals surface area (Å²) in [6.45, 7) is 0.996. The van der Waals surface area contributed by atoms with Crippen LogP contribution in [0.1, 0.15) is 18.4 Å². The molecule has 1 saturated heterocycles. The topological polar surface area (TPSA) is 37.4 Å². The minimum atomic E-state index is 0.0420. The Balaban J connectivity index is 1.96. The van der Waals surface area contributed by atoms with Gasteiger partial charge in [0.1, 0.15) is 0 Å². The summed E-state index contributed by atoms with van der Waals surface area (Å²) in [7, 11) is 0. The number of rotatable bonds is 2. The summed E-state index contributed by atoms with van der Waals surface area (Å²) in [5.41, 5.74) is 0.983. The number of likely N-dealkylation sites (tertiary alicyclic amines) is 1. The average Bonchev–Trinajstić information content (AvgIpc) is 2.32. The first-order valence-corrected chi connectivity index (χ1v) is 6.48. The van der Waals surface area contributed by atoms with Gasteiger partial charge in [-0.1, -0.05) is 28.1 Å². The fraction of sp³-hybridized carbons (Fsp3) is 0.385. The van der Waals surface area contributed by atoms with Crippen molar-refractivity contribution in [1.29, 1.82) is 0 Å². The number of piperidine rings is 1. The third kappa shape index (κ3) is 3.40. The average molecular weight is 296 g/mol. The van der Waals surface area contributed by atoms with E-state index in [4.69, 9.17) is 0 Å². The number of Topliss-reactive ketones (excluding diaryl/α,β-unsaturated/α-hetero) is 1. The molecule has 0 unspecified atom stereocenters. The van der Waals surface area contributed by atoms with Gasteiger partial charge in [-0.05, 0) is 24.1 Å². The molecule has 0 spiro atoms. The maximum atomic E-state index is 12.0. The Labute approximate surface area is 109 Å². The Morgan fingerprint density at radius 1 is 1.29 bits per heavy atom. The highest BCUT2D eigenvalue weighted by atomic mass is 79.9. The maximum Gasteiger partial charge on any atom is 0.227 e. The van der Waals surface area contributed by atoms with Crippen LogP contribution in [0.4, 0.5) is 0 Å². The zero-order valence-electron chi connectivity index (χ0n) is 9.49. The number of benzene rings is 1. The van der Waals surface area contributed by atoms with Crippen LogP contribution in [0.25, 0.3) is 0 Å². The lowest BCUT2D eigenvalue weighted by Crippen LogP contribution is -2.40. The Hall–Kier alpha value is -1.16. The summed E-state index contributed by atoms with van der Waals surface area (Å²) < 4.78 is 1.00. The van der Waals surface area contributed by atoms with E-state index in [9.17, 15) is 9.59 Å². The Morgan fingerprint density at radius 3 is 2.65 bits per heavy atom. The Bertz CT molecular complexity index is 428. The fourth-order valence-corrected chi connectivity index (χ4v) is 2.20. The third-order valence-electron chi connectivity index (χ3n) is 2.87. The lowest BCUT2D eigenvalue weighted by molar-refractivity contribution is -0.137. The summed E-state index contributed by atoms with van der Waals surface area (Å²) in [5.74, 6) is 0.209. The zero-order valence-corrected chi connectivity index (χ0v) is 11.1. The smallest absolute Gasteiger partial charge is 0.227 e. The van der Waals surface area contributed by atoms with Crippen LogP contribution in [-0.2, 0) is 16.0 Å². The van der Waals surface area contributed by atoms with Crippen molar-refractivity contribution in [2.45, 2.75) is 19.3 Å². The fourth-order valence-electron chi connectivity index (χ4n) is 1.94. The maximum absolute atomic E-state index is 12.0. The van der Waals surface area contributed by atoms with Crippen molar-refractivity contribution in [3.63, 3.8) is 0 Å².